The van der Waals surface area contributed by atoms with Gasteiger partial charge in [-0.25, -0.2) is 0 Å². The first-order chi connectivity index (χ1) is 9.29. The van der Waals surface area contributed by atoms with Crippen molar-refractivity contribution in [1.29, 1.82) is 5.26 Å². The molecule has 1 fully saturated rings. The number of nitrogens with zero attached hydrogens (tertiary/aromatic N) is 2. The van der Waals surface area contributed by atoms with E-state index in [-0.39, 0.29) is 0 Å². The molecule has 4 heteroatoms. The summed E-state index contributed by atoms with van der Waals surface area (Å²) in [7, 11) is 0. The normalized spacial score (nSPS) is 17.7. The Morgan fingerprint density at radius 3 is 2.95 bits per heavy atom. The summed E-state index contributed by atoms with van der Waals surface area (Å²) in [5.41, 5.74) is 1.74. The summed E-state index contributed by atoms with van der Waals surface area (Å²) < 4.78 is 0. The molecule has 0 amide bonds. The van der Waals surface area contributed by atoms with Crippen molar-refractivity contribution in [3.05, 3.63) is 29.8 Å². The van der Waals surface area contributed by atoms with Crippen LogP contribution < -0.4 is 10.6 Å². The van der Waals surface area contributed by atoms with Crippen LogP contribution >= 0.6 is 0 Å². The minimum atomic E-state index is 0.605. The van der Waals surface area contributed by atoms with Gasteiger partial charge in [-0.1, -0.05) is 6.07 Å². The van der Waals surface area contributed by atoms with Crippen molar-refractivity contribution >= 4 is 5.69 Å². The van der Waals surface area contributed by atoms with Gasteiger partial charge in [-0.05, 0) is 31.5 Å². The van der Waals surface area contributed by atoms with Crippen molar-refractivity contribution < 1.29 is 0 Å². The van der Waals surface area contributed by atoms with Crippen LogP contribution in [0.5, 0.6) is 0 Å². The van der Waals surface area contributed by atoms with Crippen molar-refractivity contribution in [3.63, 3.8) is 0 Å². The number of hydrogen-bond acceptors (Lipinski definition) is 4. The second-order valence-electron chi connectivity index (χ2n) is 5.04. The minimum absolute atomic E-state index is 0.605. The molecule has 0 bridgehead atoms. The number of piperazine rings is 1. The minimum Gasteiger partial charge on any atom is -0.385 e. The zero-order valence-corrected chi connectivity index (χ0v) is 11.5. The third-order valence-corrected chi connectivity index (χ3v) is 3.66. The second kappa shape index (κ2) is 7.13. The molecule has 0 radical (unpaired) electrons. The highest BCUT2D eigenvalue weighted by atomic mass is 15.2. The van der Waals surface area contributed by atoms with Gasteiger partial charge >= 0.3 is 0 Å². The predicted octanol–water partition coefficient (Wildman–Crippen LogP) is 1.65. The van der Waals surface area contributed by atoms with Crippen LogP contribution in [0.3, 0.4) is 0 Å². The monoisotopic (exact) mass is 258 g/mol. The molecule has 4 nitrogen and oxygen atoms in total. The van der Waals surface area contributed by atoms with Gasteiger partial charge in [0.15, 0.2) is 0 Å². The quantitative estimate of drug-likeness (QED) is 0.843. The molecule has 1 unspecified atom stereocenters. The van der Waals surface area contributed by atoms with Gasteiger partial charge < -0.3 is 10.6 Å². The van der Waals surface area contributed by atoms with Crippen molar-refractivity contribution in [2.45, 2.75) is 19.4 Å². The van der Waals surface area contributed by atoms with Gasteiger partial charge in [-0.15, -0.1) is 0 Å². The van der Waals surface area contributed by atoms with Crippen LogP contribution in [0.15, 0.2) is 24.3 Å². The average molecular weight is 258 g/mol. The van der Waals surface area contributed by atoms with E-state index >= 15 is 0 Å². The fraction of sp³-hybridized carbons (Fsp3) is 0.533. The average Bonchev–Trinajstić information content (AvgIpc) is 2.48. The third kappa shape index (κ3) is 4.23. The molecule has 1 aliphatic heterocycles. The Labute approximate surface area is 115 Å². The van der Waals surface area contributed by atoms with Gasteiger partial charge in [0.05, 0.1) is 11.6 Å². The van der Waals surface area contributed by atoms with Crippen molar-refractivity contribution in [2.24, 2.45) is 0 Å². The zero-order valence-electron chi connectivity index (χ0n) is 11.5. The van der Waals surface area contributed by atoms with Crippen LogP contribution in [0.25, 0.3) is 0 Å². The SMILES string of the molecule is CC(CCNc1cccc(C#N)c1)N1CCNCC1. The zero-order chi connectivity index (χ0) is 13.5. The topological polar surface area (TPSA) is 51.1 Å². The Morgan fingerprint density at radius 2 is 2.21 bits per heavy atom. The lowest BCUT2D eigenvalue weighted by Crippen LogP contribution is -2.47. The Hall–Kier alpha value is -1.57. The molecule has 1 atom stereocenters. The van der Waals surface area contributed by atoms with E-state index in [1.54, 1.807) is 0 Å². The Morgan fingerprint density at radius 1 is 1.42 bits per heavy atom. The number of benzene rings is 1. The number of nitrogens with one attached hydrogen (secondary N) is 2. The fourth-order valence-corrected chi connectivity index (χ4v) is 2.43. The van der Waals surface area contributed by atoms with Crippen LogP contribution in [-0.2, 0) is 0 Å². The summed E-state index contributed by atoms with van der Waals surface area (Å²) in [6, 6.07) is 10.4. The summed E-state index contributed by atoms with van der Waals surface area (Å²) >= 11 is 0. The number of nitriles is 1. The maximum atomic E-state index is 8.86. The van der Waals surface area contributed by atoms with E-state index in [1.807, 2.05) is 24.3 Å². The summed E-state index contributed by atoms with van der Waals surface area (Å²) in [5.74, 6) is 0. The molecule has 1 aromatic carbocycles. The summed E-state index contributed by atoms with van der Waals surface area (Å²) in [5, 5.41) is 15.6. The molecule has 1 saturated heterocycles. The molecule has 0 saturated carbocycles. The lowest BCUT2D eigenvalue weighted by atomic mass is 10.1. The molecule has 102 valence electrons. The number of anilines is 1. The van der Waals surface area contributed by atoms with Gasteiger partial charge in [-0.2, -0.15) is 5.26 Å². The maximum Gasteiger partial charge on any atom is 0.0992 e. The molecule has 19 heavy (non-hydrogen) atoms. The molecule has 0 aromatic heterocycles. The van der Waals surface area contributed by atoms with Gasteiger partial charge in [0.2, 0.25) is 0 Å². The van der Waals surface area contributed by atoms with E-state index < -0.39 is 0 Å². The lowest BCUT2D eigenvalue weighted by Gasteiger charge is -2.32. The first-order valence-electron chi connectivity index (χ1n) is 6.98. The molecule has 2 rings (SSSR count). The second-order valence-corrected chi connectivity index (χ2v) is 5.04. The Bertz CT molecular complexity index is 432. The van der Waals surface area contributed by atoms with E-state index in [0.717, 1.165) is 44.8 Å². The van der Waals surface area contributed by atoms with E-state index in [4.69, 9.17) is 5.26 Å². The first-order valence-corrected chi connectivity index (χ1v) is 6.98. The molecule has 1 aromatic rings. The summed E-state index contributed by atoms with van der Waals surface area (Å²) in [6.45, 7) is 7.72. The van der Waals surface area contributed by atoms with Crippen LogP contribution in [0.2, 0.25) is 0 Å². The van der Waals surface area contributed by atoms with Crippen LogP contribution in [0.4, 0.5) is 5.69 Å². The Kier molecular flexibility index (Phi) is 5.20. The molecular formula is C15H22N4. The van der Waals surface area contributed by atoms with Crippen LogP contribution in [0.1, 0.15) is 18.9 Å². The molecule has 2 N–H and O–H groups in total. The molecular weight excluding hydrogens is 236 g/mol. The largest absolute Gasteiger partial charge is 0.385 e. The molecule has 1 aliphatic rings. The van der Waals surface area contributed by atoms with E-state index in [0.29, 0.717) is 11.6 Å². The number of rotatable bonds is 5. The van der Waals surface area contributed by atoms with E-state index in [2.05, 4.69) is 28.5 Å². The third-order valence-electron chi connectivity index (χ3n) is 3.66. The van der Waals surface area contributed by atoms with Crippen molar-refractivity contribution in [3.8, 4) is 6.07 Å². The summed E-state index contributed by atoms with van der Waals surface area (Å²) in [4.78, 5) is 2.53. The maximum absolute atomic E-state index is 8.86. The first kappa shape index (κ1) is 13.9. The molecule has 0 aliphatic carbocycles. The standard InChI is InChI=1S/C15H22N4/c1-13(19-9-7-17-8-10-19)5-6-18-15-4-2-3-14(11-15)12-16/h2-4,11,13,17-18H,5-10H2,1H3. The van der Waals surface area contributed by atoms with Gasteiger partial charge in [0.1, 0.15) is 0 Å². The van der Waals surface area contributed by atoms with Gasteiger partial charge in [0, 0.05) is 44.5 Å². The van der Waals surface area contributed by atoms with Gasteiger partial charge in [0.25, 0.3) is 0 Å². The van der Waals surface area contributed by atoms with Crippen molar-refractivity contribution in [2.75, 3.05) is 38.0 Å². The predicted molar refractivity (Wildman–Crippen MR) is 78.2 cm³/mol. The fourth-order valence-electron chi connectivity index (χ4n) is 2.43. The number of hydrogen-bond donors (Lipinski definition) is 2. The van der Waals surface area contributed by atoms with E-state index in [9.17, 15) is 0 Å². The van der Waals surface area contributed by atoms with Crippen LogP contribution in [-0.4, -0.2) is 43.7 Å². The smallest absolute Gasteiger partial charge is 0.0992 e. The summed E-state index contributed by atoms with van der Waals surface area (Å²) in [6.07, 6.45) is 1.12. The highest BCUT2D eigenvalue weighted by Gasteiger charge is 2.15. The highest BCUT2D eigenvalue weighted by molar-refractivity contribution is 5.48. The molecule has 0 spiro atoms. The van der Waals surface area contributed by atoms with E-state index in [1.165, 1.54) is 0 Å². The highest BCUT2D eigenvalue weighted by Crippen LogP contribution is 2.11. The van der Waals surface area contributed by atoms with Crippen LogP contribution in [0, 0.1) is 11.3 Å². The molecule has 1 heterocycles. The van der Waals surface area contributed by atoms with Gasteiger partial charge in [-0.3, -0.25) is 4.90 Å². The lowest BCUT2D eigenvalue weighted by molar-refractivity contribution is 0.179. The van der Waals surface area contributed by atoms with Crippen molar-refractivity contribution in [1.82, 2.24) is 10.2 Å². The Balaban J connectivity index is 1.74.